The van der Waals surface area contributed by atoms with Crippen molar-refractivity contribution in [2.24, 2.45) is 0 Å². The van der Waals surface area contributed by atoms with E-state index in [1.807, 2.05) is 121 Å². The summed E-state index contributed by atoms with van der Waals surface area (Å²) in [6, 6.07) is 163. The minimum atomic E-state index is 0.555. The second-order valence-electron chi connectivity index (χ2n) is 35.0. The Bertz CT molecular complexity index is 9220. The third kappa shape index (κ3) is 15.2. The van der Waals surface area contributed by atoms with Gasteiger partial charge in [0, 0.05) is 126 Å². The van der Waals surface area contributed by atoms with E-state index in [-0.39, 0.29) is 0 Å². The highest BCUT2D eigenvalue weighted by atomic mass is 32.1. The van der Waals surface area contributed by atoms with Gasteiger partial charge in [-0.1, -0.05) is 194 Å². The van der Waals surface area contributed by atoms with Gasteiger partial charge in [-0.25, -0.2) is 24.9 Å². The monoisotopic (exact) mass is 1880 g/mol. The molecule has 0 bridgehead atoms. The topological polar surface area (TPSA) is 143 Å². The van der Waals surface area contributed by atoms with E-state index in [2.05, 4.69) is 378 Å². The third-order valence-corrected chi connectivity index (χ3v) is 29.7. The molecule has 0 aliphatic carbocycles. The van der Waals surface area contributed by atoms with E-state index in [4.69, 9.17) is 47.0 Å². The van der Waals surface area contributed by atoms with Crippen LogP contribution in [0, 0.1) is 0 Å². The largest absolute Gasteiger partial charge is 0.456 e. The van der Waals surface area contributed by atoms with E-state index < -0.39 is 0 Å². The fourth-order valence-corrected chi connectivity index (χ4v) is 22.9. The zero-order valence-corrected chi connectivity index (χ0v) is 78.2. The lowest BCUT2D eigenvalue weighted by atomic mass is 9.96. The second kappa shape index (κ2) is 35.0. The first-order valence-electron chi connectivity index (χ1n) is 46.9. The highest BCUT2D eigenvalue weighted by Gasteiger charge is 2.28. The number of benzene rings is 20. The number of para-hydroxylation sites is 13. The predicted molar refractivity (Wildman–Crippen MR) is 586 cm³/mol. The van der Waals surface area contributed by atoms with Crippen molar-refractivity contribution in [1.29, 1.82) is 0 Å². The number of fused-ring (bicyclic) bond motifs is 14. The van der Waals surface area contributed by atoms with Gasteiger partial charge in [-0.3, -0.25) is 0 Å². The van der Waals surface area contributed by atoms with Crippen LogP contribution in [0.3, 0.4) is 0 Å². The Morgan fingerprint density at radius 2 is 0.542 bits per heavy atom. The molecule has 0 atom stereocenters. The number of furan rings is 1. The Balaban J connectivity index is 0.000000160. The normalized spacial score (nSPS) is 11.7. The molecule has 28 rings (SSSR count). The lowest BCUT2D eigenvalue weighted by molar-refractivity contribution is 0.619. The molecule has 14 nitrogen and oxygen atoms in total. The van der Waals surface area contributed by atoms with Crippen molar-refractivity contribution in [2.45, 2.75) is 0 Å². The van der Waals surface area contributed by atoms with Crippen molar-refractivity contribution in [3.8, 4) is 78.6 Å². The Hall–Kier alpha value is -18.4. The summed E-state index contributed by atoms with van der Waals surface area (Å²) in [5.74, 6) is 2.23. The van der Waals surface area contributed by atoms with Crippen LogP contribution in [0.4, 0.5) is 68.2 Å². The van der Waals surface area contributed by atoms with Gasteiger partial charge in [0.15, 0.2) is 22.3 Å². The molecule has 0 unspecified atom stereocenters. The number of anilines is 12. The number of thiazole rings is 1. The lowest BCUT2D eigenvalue weighted by Crippen LogP contribution is -2.10. The van der Waals surface area contributed by atoms with Crippen molar-refractivity contribution >= 4 is 219 Å². The van der Waals surface area contributed by atoms with Crippen LogP contribution >= 0.6 is 34.0 Å². The van der Waals surface area contributed by atoms with Crippen LogP contribution in [-0.4, -0.2) is 24.9 Å². The Kier molecular flexibility index (Phi) is 20.5. The van der Waals surface area contributed by atoms with Crippen molar-refractivity contribution in [3.63, 3.8) is 0 Å². The molecule has 670 valence electrons. The minimum absolute atomic E-state index is 0.555. The molecular weight excluding hydrogens is 1800 g/mol. The molecule has 28 aromatic rings. The Morgan fingerprint density at radius 3 is 1.06 bits per heavy atom. The number of hydrogen-bond donors (Lipinski definition) is 0. The van der Waals surface area contributed by atoms with Crippen LogP contribution in [-0.2, 0) is 0 Å². The molecule has 142 heavy (non-hydrogen) atoms. The number of hydrogen-bond acceptors (Lipinski definition) is 17. The smallest absolute Gasteiger partial charge is 0.227 e. The summed E-state index contributed by atoms with van der Waals surface area (Å²) in [6.45, 7) is 0. The maximum atomic E-state index is 6.57. The number of aromatic nitrogens is 5. The van der Waals surface area contributed by atoms with Crippen LogP contribution in [0.5, 0.6) is 0 Å². The molecule has 17 heteroatoms. The molecule has 20 aromatic carbocycles. The summed E-state index contributed by atoms with van der Waals surface area (Å²) in [6.07, 6.45) is 0. The SMILES string of the molecule is c1ccc(-c2cc(N(c3ccccc3)c3ccccc3)c3sc4cc(N(c5ccccc5)c5cccc(-c6nc7ccccc7s6)c5)ccc4c3c2)cc1.c1ccc2oc(-c3ccc(N(c4ccc(-c5nc6ccccc6o5)cc4)c4ccc5sc6c(N(c7ccc(-c8nc9ccccc9o8)cc7)c7ccc(-c8nc9ccccc9o8)cc7)cc(-c7cccc8oc9ccccc9c78)cc6c5c4)cc3)nc2c1. The van der Waals surface area contributed by atoms with Crippen molar-refractivity contribution in [2.75, 3.05) is 19.6 Å². The van der Waals surface area contributed by atoms with Gasteiger partial charge in [0.2, 0.25) is 23.6 Å². The van der Waals surface area contributed by atoms with Gasteiger partial charge in [0.1, 0.15) is 38.2 Å². The number of thiophene rings is 2. The fourth-order valence-electron chi connectivity index (χ4n) is 19.5. The van der Waals surface area contributed by atoms with Gasteiger partial charge in [-0.2, -0.15) is 0 Å². The fraction of sp³-hybridized carbons (Fsp3) is 0. The minimum Gasteiger partial charge on any atom is -0.456 e. The summed E-state index contributed by atoms with van der Waals surface area (Å²) in [5, 5.41) is 7.80. The van der Waals surface area contributed by atoms with Gasteiger partial charge in [0.05, 0.1) is 31.0 Å². The maximum Gasteiger partial charge on any atom is 0.227 e. The van der Waals surface area contributed by atoms with E-state index in [1.165, 1.54) is 36.0 Å². The van der Waals surface area contributed by atoms with Crippen molar-refractivity contribution < 1.29 is 22.1 Å². The second-order valence-corrected chi connectivity index (χ2v) is 38.1. The van der Waals surface area contributed by atoms with Crippen LogP contribution in [0.2, 0.25) is 0 Å². The Labute approximate surface area is 825 Å². The van der Waals surface area contributed by atoms with Gasteiger partial charge in [-0.15, -0.1) is 34.0 Å². The van der Waals surface area contributed by atoms with Gasteiger partial charge in [-0.05, 0) is 295 Å². The average Bonchev–Trinajstić information content (AvgIpc) is 1.65. The summed E-state index contributed by atoms with van der Waals surface area (Å²) in [4.78, 5) is 33.8. The van der Waals surface area contributed by atoms with E-state index in [9.17, 15) is 0 Å². The molecule has 0 saturated carbocycles. The highest BCUT2D eigenvalue weighted by molar-refractivity contribution is 7.27. The van der Waals surface area contributed by atoms with E-state index >= 15 is 0 Å². The summed E-state index contributed by atoms with van der Waals surface area (Å²) in [5.41, 5.74) is 30.4. The maximum absolute atomic E-state index is 6.57. The molecule has 0 spiro atoms. The number of nitrogens with zero attached hydrogens (tertiary/aromatic N) is 9. The van der Waals surface area contributed by atoms with Crippen LogP contribution in [0.1, 0.15) is 0 Å². The van der Waals surface area contributed by atoms with E-state index in [1.54, 1.807) is 22.7 Å². The molecule has 8 aromatic heterocycles. The molecule has 0 radical (unpaired) electrons. The molecule has 0 N–H and O–H groups in total. The lowest BCUT2D eigenvalue weighted by Gasteiger charge is -2.27. The zero-order chi connectivity index (χ0) is 93.7. The highest BCUT2D eigenvalue weighted by Crippen LogP contribution is 2.54. The first-order chi connectivity index (χ1) is 70.3. The van der Waals surface area contributed by atoms with E-state index in [0.29, 0.717) is 23.6 Å². The van der Waals surface area contributed by atoms with Gasteiger partial charge < -0.3 is 41.7 Å². The zero-order valence-electron chi connectivity index (χ0n) is 75.7. The molecule has 0 amide bonds. The molecule has 0 saturated heterocycles. The van der Waals surface area contributed by atoms with Crippen molar-refractivity contribution in [1.82, 2.24) is 24.9 Å². The van der Waals surface area contributed by atoms with Gasteiger partial charge >= 0.3 is 0 Å². The summed E-state index contributed by atoms with van der Waals surface area (Å²) < 4.78 is 37.6. The number of rotatable bonds is 19. The summed E-state index contributed by atoms with van der Waals surface area (Å²) in [7, 11) is 0. The molecule has 0 aliphatic rings. The summed E-state index contributed by atoms with van der Waals surface area (Å²) >= 11 is 5.37. The number of oxazole rings is 4. The molecule has 0 fully saturated rings. The molecule has 0 aliphatic heterocycles. The van der Waals surface area contributed by atoms with Gasteiger partial charge in [0.25, 0.3) is 0 Å². The Morgan fingerprint density at radius 1 is 0.176 bits per heavy atom. The van der Waals surface area contributed by atoms with Crippen molar-refractivity contribution in [3.05, 3.63) is 467 Å². The predicted octanol–water partition coefficient (Wildman–Crippen LogP) is 36.7. The first kappa shape index (κ1) is 83.0. The third-order valence-electron chi connectivity index (χ3n) is 26.2. The quantitative estimate of drug-likeness (QED) is 0.0757. The van der Waals surface area contributed by atoms with Crippen LogP contribution in [0.25, 0.3) is 196 Å². The average molecular weight is 1880 g/mol. The first-order valence-corrected chi connectivity index (χ1v) is 49.4. The standard InChI is InChI=1S/C76H44N6O5S.C49H33N3S2/c1-6-18-64-56(12-1)71-55(13-11-23-69(71)83-64)49-42-58-57-44-54(81(50-32-24-45(25-33-50)73-77-59-14-2-7-19-65(59)84-73)51-34-26-46(27-35-51)74-78-60-15-3-8-20-66(60)85-74)40-41-70(57)88-72(58)63(43-49)82(52-36-28-47(29-37-52)75-79-61-16-4-9-21-67(61)86-75)53-38-30-48(31-39-53)76-80-62-17-5-10-22-68(62)87-76;1-5-16-34(17-6-1)36-31-43-42-29-28-41(33-47(42)53-48(43)45(32-36)52(38-21-9-3-10-22-38)39-23-11-4-12-24-39)51(37-19-7-2-8-20-37)40-25-15-18-35(30-40)49-50-44-26-13-14-27-46(44)54-49/h1-44H;1-33H. The molecular formula is C125H77N9O5S3. The molecule has 8 heterocycles. The van der Waals surface area contributed by atoms with Crippen LogP contribution in [0.15, 0.2) is 489 Å². The van der Waals surface area contributed by atoms with Crippen LogP contribution < -0.4 is 19.6 Å². The van der Waals surface area contributed by atoms with E-state index in [0.717, 1.165) is 204 Å².